The highest BCUT2D eigenvalue weighted by Gasteiger charge is 2.06. The maximum Gasteiger partial charge on any atom is 0.241 e. The molecule has 0 unspecified atom stereocenters. The largest absolute Gasteiger partial charge is 0.439 e. The summed E-state index contributed by atoms with van der Waals surface area (Å²) in [6, 6.07) is 9.72. The Hall–Kier alpha value is -2.36. The number of likely N-dealkylation sites (N-methyl/N-ethyl adjacent to an activating group) is 1. The Balaban J connectivity index is 0.00000420. The molecule has 1 aromatic heterocycles. The van der Waals surface area contributed by atoms with Gasteiger partial charge in [0.2, 0.25) is 11.8 Å². The van der Waals surface area contributed by atoms with Gasteiger partial charge in [-0.3, -0.25) is 4.79 Å². The van der Waals surface area contributed by atoms with Crippen LogP contribution in [0.1, 0.15) is 23.6 Å². The Kier molecular flexibility index (Phi) is 10.4. The van der Waals surface area contributed by atoms with Gasteiger partial charge in [0.1, 0.15) is 5.75 Å². The van der Waals surface area contributed by atoms with E-state index in [1.807, 2.05) is 37.3 Å². The molecule has 7 nitrogen and oxygen atoms in total. The summed E-state index contributed by atoms with van der Waals surface area (Å²) in [5, 5.41) is 6.17. The predicted octanol–water partition coefficient (Wildman–Crippen LogP) is 3.25. The zero-order chi connectivity index (χ0) is 20.5. The highest BCUT2D eigenvalue weighted by atomic mass is 127. The average Bonchev–Trinajstić information content (AvgIpc) is 2.67. The van der Waals surface area contributed by atoms with Crippen LogP contribution < -0.4 is 15.4 Å². The lowest BCUT2D eigenvalue weighted by Gasteiger charge is -2.14. The van der Waals surface area contributed by atoms with E-state index >= 15 is 0 Å². The first kappa shape index (κ1) is 24.7. The number of aliphatic imine (C=N–C) groups is 1. The van der Waals surface area contributed by atoms with E-state index in [1.54, 1.807) is 20.3 Å². The maximum atomic E-state index is 11.7. The number of aryl methyl sites for hydroxylation is 2. The number of aromatic nitrogens is 1. The van der Waals surface area contributed by atoms with Gasteiger partial charge in [-0.15, -0.1) is 24.0 Å². The van der Waals surface area contributed by atoms with Crippen molar-refractivity contribution in [3.8, 4) is 11.6 Å². The topological polar surface area (TPSA) is 78.9 Å². The normalized spacial score (nSPS) is 10.7. The summed E-state index contributed by atoms with van der Waals surface area (Å²) >= 11 is 0. The van der Waals surface area contributed by atoms with Gasteiger partial charge in [-0.2, -0.15) is 0 Å². The molecule has 0 aliphatic heterocycles. The second kappa shape index (κ2) is 12.3. The third-order valence-corrected chi connectivity index (χ3v) is 4.17. The van der Waals surface area contributed by atoms with Gasteiger partial charge in [-0.05, 0) is 55.7 Å². The van der Waals surface area contributed by atoms with Crippen molar-refractivity contribution in [2.75, 3.05) is 27.2 Å². The van der Waals surface area contributed by atoms with Crippen LogP contribution in [0.3, 0.4) is 0 Å². The lowest BCUT2D eigenvalue weighted by atomic mass is 10.1. The van der Waals surface area contributed by atoms with Gasteiger partial charge in [-0.25, -0.2) is 9.98 Å². The summed E-state index contributed by atoms with van der Waals surface area (Å²) in [5.74, 6) is 1.86. The van der Waals surface area contributed by atoms with Gasteiger partial charge in [0.25, 0.3) is 0 Å². The van der Waals surface area contributed by atoms with Crippen LogP contribution in [0.5, 0.6) is 11.6 Å². The zero-order valence-electron chi connectivity index (χ0n) is 17.7. The molecule has 0 radical (unpaired) electrons. The fourth-order valence-corrected chi connectivity index (χ4v) is 2.33. The molecular weight excluding hydrogens is 481 g/mol. The third-order valence-electron chi connectivity index (χ3n) is 4.17. The first-order chi connectivity index (χ1) is 13.4. The predicted molar refractivity (Wildman–Crippen MR) is 127 cm³/mol. The third kappa shape index (κ3) is 8.26. The highest BCUT2D eigenvalue weighted by molar-refractivity contribution is 14.0. The molecule has 8 heteroatoms. The molecule has 0 spiro atoms. The standard InChI is InChI=1S/C21H29N5O2.HI/c1-6-22-21(25-14-20(27)26(4)5)24-13-17-9-10-23-19(12-17)28-18-8-7-15(2)16(3)11-18;/h7-12H,6,13-14H2,1-5H3,(H2,22,24,25);1H. The fraction of sp³-hybridized carbons (Fsp3) is 0.381. The second-order valence-corrected chi connectivity index (χ2v) is 6.69. The van der Waals surface area contributed by atoms with Crippen LogP contribution in [-0.2, 0) is 11.3 Å². The molecule has 0 bridgehead atoms. The summed E-state index contributed by atoms with van der Waals surface area (Å²) in [6.07, 6.45) is 1.71. The smallest absolute Gasteiger partial charge is 0.241 e. The van der Waals surface area contributed by atoms with E-state index in [-0.39, 0.29) is 36.4 Å². The first-order valence-electron chi connectivity index (χ1n) is 9.31. The summed E-state index contributed by atoms with van der Waals surface area (Å²) in [7, 11) is 3.45. The van der Waals surface area contributed by atoms with E-state index in [9.17, 15) is 4.79 Å². The Labute approximate surface area is 190 Å². The second-order valence-electron chi connectivity index (χ2n) is 6.69. The Bertz CT molecular complexity index is 840. The van der Waals surface area contributed by atoms with Crippen LogP contribution in [0.25, 0.3) is 0 Å². The molecule has 2 rings (SSSR count). The van der Waals surface area contributed by atoms with Crippen molar-refractivity contribution in [2.45, 2.75) is 27.3 Å². The summed E-state index contributed by atoms with van der Waals surface area (Å²) in [4.78, 5) is 22.1. The number of ether oxygens (including phenoxy) is 1. The minimum atomic E-state index is -0.0152. The number of amides is 1. The van der Waals surface area contributed by atoms with Crippen molar-refractivity contribution in [2.24, 2.45) is 4.99 Å². The van der Waals surface area contributed by atoms with Crippen LogP contribution in [0, 0.1) is 13.8 Å². The van der Waals surface area contributed by atoms with Gasteiger partial charge in [0, 0.05) is 32.9 Å². The summed E-state index contributed by atoms with van der Waals surface area (Å²) in [5.41, 5.74) is 3.36. The number of rotatable bonds is 7. The van der Waals surface area contributed by atoms with Crippen molar-refractivity contribution in [3.05, 3.63) is 53.2 Å². The molecule has 0 atom stereocenters. The van der Waals surface area contributed by atoms with Crippen LogP contribution in [0.2, 0.25) is 0 Å². The maximum absolute atomic E-state index is 11.7. The van der Waals surface area contributed by atoms with Gasteiger partial charge >= 0.3 is 0 Å². The number of nitrogens with one attached hydrogen (secondary N) is 2. The summed E-state index contributed by atoms with van der Waals surface area (Å²) in [6.45, 7) is 7.44. The molecule has 0 fully saturated rings. The van der Waals surface area contributed by atoms with Crippen LogP contribution in [0.15, 0.2) is 41.5 Å². The van der Waals surface area contributed by atoms with Gasteiger partial charge in [-0.1, -0.05) is 6.07 Å². The van der Waals surface area contributed by atoms with Crippen LogP contribution in [0.4, 0.5) is 0 Å². The molecule has 2 aromatic rings. The molecule has 0 saturated carbocycles. The quantitative estimate of drug-likeness (QED) is 0.339. The number of pyridine rings is 1. The number of carbonyl (C=O) groups excluding carboxylic acids is 1. The number of nitrogens with zero attached hydrogens (tertiary/aromatic N) is 3. The first-order valence-corrected chi connectivity index (χ1v) is 9.31. The van der Waals surface area contributed by atoms with Crippen molar-refractivity contribution < 1.29 is 9.53 Å². The van der Waals surface area contributed by atoms with E-state index in [1.165, 1.54) is 16.0 Å². The Morgan fingerprint density at radius 1 is 1.14 bits per heavy atom. The fourth-order valence-electron chi connectivity index (χ4n) is 2.33. The number of benzene rings is 1. The van der Waals surface area contributed by atoms with Crippen LogP contribution >= 0.6 is 24.0 Å². The number of halogens is 1. The molecule has 0 aliphatic carbocycles. The Morgan fingerprint density at radius 3 is 2.55 bits per heavy atom. The number of hydrogen-bond acceptors (Lipinski definition) is 4. The zero-order valence-corrected chi connectivity index (χ0v) is 20.0. The van der Waals surface area contributed by atoms with Gasteiger partial charge in [0.05, 0.1) is 13.1 Å². The minimum Gasteiger partial charge on any atom is -0.439 e. The van der Waals surface area contributed by atoms with E-state index in [4.69, 9.17) is 4.74 Å². The molecular formula is C21H30IN5O2. The average molecular weight is 511 g/mol. The monoisotopic (exact) mass is 511 g/mol. The molecule has 2 N–H and O–H groups in total. The number of guanidine groups is 1. The van der Waals surface area contributed by atoms with Gasteiger partial charge < -0.3 is 20.3 Å². The van der Waals surface area contributed by atoms with Crippen molar-refractivity contribution in [3.63, 3.8) is 0 Å². The molecule has 29 heavy (non-hydrogen) atoms. The van der Waals surface area contributed by atoms with Crippen molar-refractivity contribution in [1.29, 1.82) is 0 Å². The summed E-state index contributed by atoms with van der Waals surface area (Å²) < 4.78 is 5.87. The van der Waals surface area contributed by atoms with E-state index in [0.717, 1.165) is 11.3 Å². The van der Waals surface area contributed by atoms with E-state index in [2.05, 4.69) is 34.5 Å². The molecule has 1 aromatic carbocycles. The van der Waals surface area contributed by atoms with Gasteiger partial charge in [0.15, 0.2) is 5.96 Å². The molecule has 158 valence electrons. The molecule has 1 heterocycles. The van der Waals surface area contributed by atoms with Crippen molar-refractivity contribution in [1.82, 2.24) is 20.5 Å². The highest BCUT2D eigenvalue weighted by Crippen LogP contribution is 2.22. The van der Waals surface area contributed by atoms with E-state index < -0.39 is 0 Å². The molecule has 0 aliphatic rings. The van der Waals surface area contributed by atoms with Crippen molar-refractivity contribution >= 4 is 35.8 Å². The molecule has 0 saturated heterocycles. The minimum absolute atomic E-state index is 0. The SMILES string of the molecule is CCNC(=NCc1ccnc(Oc2ccc(C)c(C)c2)c1)NCC(=O)N(C)C.I. The number of hydrogen-bond donors (Lipinski definition) is 2. The van der Waals surface area contributed by atoms with Crippen LogP contribution in [-0.4, -0.2) is 48.9 Å². The molecule has 1 amide bonds. The van der Waals surface area contributed by atoms with E-state index in [0.29, 0.717) is 24.9 Å². The lowest BCUT2D eigenvalue weighted by molar-refractivity contribution is -0.127. The number of carbonyl (C=O) groups is 1. The lowest BCUT2D eigenvalue weighted by Crippen LogP contribution is -2.42. The Morgan fingerprint density at radius 2 is 1.90 bits per heavy atom.